The van der Waals surface area contributed by atoms with Gasteiger partial charge in [0.05, 0.1) is 23.2 Å². The molecule has 0 saturated heterocycles. The second kappa shape index (κ2) is 11.2. The molecule has 0 saturated carbocycles. The van der Waals surface area contributed by atoms with Gasteiger partial charge in [-0.25, -0.2) is 8.42 Å². The van der Waals surface area contributed by atoms with E-state index in [-0.39, 0.29) is 24.8 Å². The number of amides is 2. The third-order valence-electron chi connectivity index (χ3n) is 4.65. The summed E-state index contributed by atoms with van der Waals surface area (Å²) in [6.07, 6.45) is 2.33. The van der Waals surface area contributed by atoms with Gasteiger partial charge in [-0.15, -0.1) is 0 Å². The number of carbonyl (C=O) groups is 2. The molecule has 2 aromatic carbocycles. The lowest BCUT2D eigenvalue weighted by Crippen LogP contribution is -2.32. The maximum atomic E-state index is 12.5. The minimum Gasteiger partial charge on any atom is -0.352 e. The van der Waals surface area contributed by atoms with Crippen LogP contribution in [0.1, 0.15) is 42.1 Å². The van der Waals surface area contributed by atoms with Crippen molar-refractivity contribution in [1.82, 2.24) is 5.32 Å². The number of rotatable bonds is 10. The highest BCUT2D eigenvalue weighted by Crippen LogP contribution is 2.28. The number of nitrogens with one attached hydrogen (secondary N) is 2. The molecular formula is C22H28ClN3O4S. The van der Waals surface area contributed by atoms with Crippen molar-refractivity contribution >= 4 is 44.8 Å². The summed E-state index contributed by atoms with van der Waals surface area (Å²) in [4.78, 5) is 24.7. The first kappa shape index (κ1) is 24.7. The zero-order valence-corrected chi connectivity index (χ0v) is 19.5. The highest BCUT2D eigenvalue weighted by Gasteiger charge is 2.20. The SMILES string of the molecule is CCCNC(=O)c1ccccc1NC(=O)CCCN(c1cccc(Cl)c1C)S(C)(=O)=O. The van der Waals surface area contributed by atoms with E-state index in [2.05, 4.69) is 10.6 Å². The molecule has 0 heterocycles. The molecule has 2 amide bonds. The van der Waals surface area contributed by atoms with Crippen molar-refractivity contribution in [1.29, 1.82) is 0 Å². The molecule has 0 radical (unpaired) electrons. The van der Waals surface area contributed by atoms with E-state index in [1.54, 1.807) is 49.4 Å². The molecule has 31 heavy (non-hydrogen) atoms. The van der Waals surface area contributed by atoms with E-state index < -0.39 is 10.0 Å². The van der Waals surface area contributed by atoms with Crippen molar-refractivity contribution in [2.45, 2.75) is 33.1 Å². The van der Waals surface area contributed by atoms with E-state index in [0.29, 0.717) is 40.5 Å². The van der Waals surface area contributed by atoms with Gasteiger partial charge >= 0.3 is 0 Å². The van der Waals surface area contributed by atoms with Crippen LogP contribution in [0.15, 0.2) is 42.5 Å². The average Bonchev–Trinajstić information content (AvgIpc) is 2.71. The van der Waals surface area contributed by atoms with Gasteiger partial charge in [0, 0.05) is 24.5 Å². The fourth-order valence-electron chi connectivity index (χ4n) is 3.05. The number of anilines is 2. The maximum Gasteiger partial charge on any atom is 0.253 e. The maximum absolute atomic E-state index is 12.5. The van der Waals surface area contributed by atoms with Gasteiger partial charge in [-0.3, -0.25) is 13.9 Å². The van der Waals surface area contributed by atoms with E-state index in [1.165, 1.54) is 4.31 Å². The molecule has 2 aromatic rings. The first-order chi connectivity index (χ1) is 14.6. The van der Waals surface area contributed by atoms with Crippen molar-refractivity contribution < 1.29 is 18.0 Å². The van der Waals surface area contributed by atoms with Crippen molar-refractivity contribution in [2.75, 3.05) is 29.0 Å². The number of para-hydroxylation sites is 1. The van der Waals surface area contributed by atoms with E-state index in [0.717, 1.165) is 12.7 Å². The Morgan fingerprint density at radius 3 is 2.48 bits per heavy atom. The Morgan fingerprint density at radius 2 is 1.81 bits per heavy atom. The van der Waals surface area contributed by atoms with Crippen LogP contribution in [-0.4, -0.2) is 39.6 Å². The second-order valence-corrected chi connectivity index (χ2v) is 9.49. The van der Waals surface area contributed by atoms with Gasteiger partial charge in [0.25, 0.3) is 5.91 Å². The summed E-state index contributed by atoms with van der Waals surface area (Å²) >= 11 is 6.14. The van der Waals surface area contributed by atoms with E-state index in [9.17, 15) is 18.0 Å². The third-order valence-corrected chi connectivity index (χ3v) is 6.24. The van der Waals surface area contributed by atoms with Crippen molar-refractivity contribution in [2.24, 2.45) is 0 Å². The van der Waals surface area contributed by atoms with Crippen molar-refractivity contribution in [3.05, 3.63) is 58.6 Å². The van der Waals surface area contributed by atoms with Gasteiger partial charge in [-0.05, 0) is 49.6 Å². The van der Waals surface area contributed by atoms with Gasteiger partial charge in [0.1, 0.15) is 0 Å². The van der Waals surface area contributed by atoms with Crippen molar-refractivity contribution in [3.8, 4) is 0 Å². The Kier molecular flexibility index (Phi) is 8.88. The van der Waals surface area contributed by atoms with E-state index in [1.807, 2.05) is 6.92 Å². The van der Waals surface area contributed by atoms with Crippen LogP contribution in [0.5, 0.6) is 0 Å². The Labute approximate surface area is 188 Å². The quantitative estimate of drug-likeness (QED) is 0.554. The van der Waals surface area contributed by atoms with E-state index >= 15 is 0 Å². The standard InChI is InChI=1S/C22H28ClN3O4S/c1-4-14-24-22(28)17-9-5-6-11-19(17)25-21(27)13-8-15-26(31(3,29)30)20-12-7-10-18(23)16(20)2/h5-7,9-12H,4,8,13-15H2,1-3H3,(H,24,28)(H,25,27). The van der Waals surface area contributed by atoms with Gasteiger partial charge in [-0.1, -0.05) is 36.7 Å². The molecule has 0 aliphatic rings. The number of benzene rings is 2. The Morgan fingerprint density at radius 1 is 1.10 bits per heavy atom. The highest BCUT2D eigenvalue weighted by atomic mass is 35.5. The molecule has 0 bridgehead atoms. The van der Waals surface area contributed by atoms with Gasteiger partial charge in [0.15, 0.2) is 0 Å². The molecule has 2 rings (SSSR count). The first-order valence-electron chi connectivity index (χ1n) is 10.0. The van der Waals surface area contributed by atoms with Crippen molar-refractivity contribution in [3.63, 3.8) is 0 Å². The number of carbonyl (C=O) groups excluding carboxylic acids is 2. The molecule has 0 aromatic heterocycles. The van der Waals surface area contributed by atoms with Crippen LogP contribution in [0.2, 0.25) is 5.02 Å². The zero-order valence-electron chi connectivity index (χ0n) is 17.9. The molecular weight excluding hydrogens is 438 g/mol. The number of nitrogens with zero attached hydrogens (tertiary/aromatic N) is 1. The van der Waals surface area contributed by atoms with Crippen LogP contribution >= 0.6 is 11.6 Å². The molecule has 0 fully saturated rings. The number of hydrogen-bond donors (Lipinski definition) is 2. The third kappa shape index (κ3) is 6.97. The van der Waals surface area contributed by atoms with Crippen LogP contribution in [0.25, 0.3) is 0 Å². The van der Waals surface area contributed by atoms with Crippen LogP contribution in [-0.2, 0) is 14.8 Å². The molecule has 0 spiro atoms. The molecule has 0 unspecified atom stereocenters. The largest absolute Gasteiger partial charge is 0.352 e. The molecule has 0 aliphatic heterocycles. The lowest BCUT2D eigenvalue weighted by Gasteiger charge is -2.24. The summed E-state index contributed by atoms with van der Waals surface area (Å²) in [6, 6.07) is 11.9. The Balaban J connectivity index is 2.04. The summed E-state index contributed by atoms with van der Waals surface area (Å²) in [5.41, 5.74) is 1.96. The van der Waals surface area contributed by atoms with E-state index in [4.69, 9.17) is 11.6 Å². The summed E-state index contributed by atoms with van der Waals surface area (Å²) in [5, 5.41) is 6.02. The lowest BCUT2D eigenvalue weighted by molar-refractivity contribution is -0.116. The predicted molar refractivity (Wildman–Crippen MR) is 125 cm³/mol. The average molecular weight is 466 g/mol. The molecule has 0 aliphatic carbocycles. The Bertz CT molecular complexity index is 1040. The molecule has 168 valence electrons. The highest BCUT2D eigenvalue weighted by molar-refractivity contribution is 7.92. The van der Waals surface area contributed by atoms with Crippen LogP contribution < -0.4 is 14.9 Å². The number of sulfonamides is 1. The van der Waals surface area contributed by atoms with Gasteiger partial charge < -0.3 is 10.6 Å². The molecule has 2 N–H and O–H groups in total. The fourth-order valence-corrected chi connectivity index (χ4v) is 4.24. The second-order valence-electron chi connectivity index (χ2n) is 7.17. The van der Waals surface area contributed by atoms with Gasteiger partial charge in [0.2, 0.25) is 15.9 Å². The van der Waals surface area contributed by atoms with Crippen LogP contribution in [0.4, 0.5) is 11.4 Å². The normalized spacial score (nSPS) is 11.1. The van der Waals surface area contributed by atoms with Crippen LogP contribution in [0.3, 0.4) is 0 Å². The summed E-state index contributed by atoms with van der Waals surface area (Å²) in [7, 11) is -3.55. The lowest BCUT2D eigenvalue weighted by atomic mass is 10.1. The monoisotopic (exact) mass is 465 g/mol. The molecule has 7 nitrogen and oxygen atoms in total. The topological polar surface area (TPSA) is 95.6 Å². The van der Waals surface area contributed by atoms with Gasteiger partial charge in [-0.2, -0.15) is 0 Å². The number of hydrogen-bond acceptors (Lipinski definition) is 4. The zero-order chi connectivity index (χ0) is 23.0. The van der Waals surface area contributed by atoms with Crippen LogP contribution in [0, 0.1) is 6.92 Å². The number of halogens is 1. The minimum absolute atomic E-state index is 0.0938. The summed E-state index contributed by atoms with van der Waals surface area (Å²) < 4.78 is 25.9. The minimum atomic E-state index is -3.55. The predicted octanol–water partition coefficient (Wildman–Crippen LogP) is 3.97. The summed E-state index contributed by atoms with van der Waals surface area (Å²) in [6.45, 7) is 4.39. The fraction of sp³-hybridized carbons (Fsp3) is 0.364. The smallest absolute Gasteiger partial charge is 0.253 e. The first-order valence-corrected chi connectivity index (χ1v) is 12.3. The summed E-state index contributed by atoms with van der Waals surface area (Å²) in [5.74, 6) is -0.551. The molecule has 9 heteroatoms. The molecule has 0 atom stereocenters. The Hall–Kier alpha value is -2.58.